The van der Waals surface area contributed by atoms with Crippen LogP contribution < -0.4 is 4.90 Å². The molecule has 44 heavy (non-hydrogen) atoms. The van der Waals surface area contributed by atoms with Crippen molar-refractivity contribution < 1.29 is 0 Å². The minimum absolute atomic E-state index is 0.636. The molecule has 3 heteroatoms. The van der Waals surface area contributed by atoms with Crippen molar-refractivity contribution in [1.29, 1.82) is 5.26 Å². The summed E-state index contributed by atoms with van der Waals surface area (Å²) in [6.07, 6.45) is 0. The lowest BCUT2D eigenvalue weighted by molar-refractivity contribution is 1.30. The van der Waals surface area contributed by atoms with E-state index in [-0.39, 0.29) is 0 Å². The minimum Gasteiger partial charge on any atom is -0.310 e. The van der Waals surface area contributed by atoms with Crippen LogP contribution in [-0.4, -0.2) is 0 Å². The van der Waals surface area contributed by atoms with Crippen molar-refractivity contribution in [3.8, 4) is 28.3 Å². The summed E-state index contributed by atoms with van der Waals surface area (Å²) in [6, 6.07) is 55.8. The summed E-state index contributed by atoms with van der Waals surface area (Å²) >= 11 is 3.80. The predicted molar refractivity (Wildman–Crippen MR) is 188 cm³/mol. The highest BCUT2D eigenvalue weighted by molar-refractivity contribution is 9.10. The number of nitriles is 1. The molecule has 0 unspecified atom stereocenters. The predicted octanol–water partition coefficient (Wildman–Crippen LogP) is 12.0. The molecule has 0 fully saturated rings. The van der Waals surface area contributed by atoms with Crippen LogP contribution in [0.3, 0.4) is 0 Å². The molecule has 0 bridgehead atoms. The topological polar surface area (TPSA) is 27.0 Å². The first-order valence-corrected chi connectivity index (χ1v) is 15.4. The van der Waals surface area contributed by atoms with Crippen molar-refractivity contribution >= 4 is 65.3 Å². The maximum absolute atomic E-state index is 9.58. The largest absolute Gasteiger partial charge is 0.310 e. The number of hydrogen-bond donors (Lipinski definition) is 0. The Balaban J connectivity index is 1.45. The third-order valence-corrected chi connectivity index (χ3v) is 9.17. The number of benzene rings is 8. The average molecular weight is 626 g/mol. The molecule has 206 valence electrons. The summed E-state index contributed by atoms with van der Waals surface area (Å²) < 4.78 is 1.09. The van der Waals surface area contributed by atoms with Gasteiger partial charge in [0.25, 0.3) is 0 Å². The lowest BCUT2D eigenvalue weighted by Gasteiger charge is -2.29. The molecule has 0 saturated carbocycles. The zero-order chi connectivity index (χ0) is 29.6. The average Bonchev–Trinajstić information content (AvgIpc) is 3.09. The first-order valence-electron chi connectivity index (χ1n) is 14.6. The van der Waals surface area contributed by atoms with Gasteiger partial charge in [0.1, 0.15) is 0 Å². The molecule has 2 nitrogen and oxygen atoms in total. The SMILES string of the molecule is N#Cc1ccc(N(c2cc(-c3ccccc3)cc(-c3ccccc3)c2)c2ccc3ccc4c(Br)ccc5ccc2c3c54)cc1. The Kier molecular flexibility index (Phi) is 6.37. The normalized spacial score (nSPS) is 11.3. The van der Waals surface area contributed by atoms with Crippen molar-refractivity contribution in [3.63, 3.8) is 0 Å². The van der Waals surface area contributed by atoms with Crippen molar-refractivity contribution in [1.82, 2.24) is 0 Å². The third kappa shape index (κ3) is 4.40. The lowest BCUT2D eigenvalue weighted by atomic mass is 9.92. The Morgan fingerprint density at radius 3 is 1.64 bits per heavy atom. The van der Waals surface area contributed by atoms with Gasteiger partial charge in [-0.1, -0.05) is 113 Å². The molecule has 8 aromatic rings. The highest BCUT2D eigenvalue weighted by Gasteiger charge is 2.20. The fourth-order valence-corrected chi connectivity index (χ4v) is 6.85. The van der Waals surface area contributed by atoms with Gasteiger partial charge in [0.05, 0.1) is 17.3 Å². The summed E-state index contributed by atoms with van der Waals surface area (Å²) in [4.78, 5) is 2.33. The second-order valence-corrected chi connectivity index (χ2v) is 11.9. The fourth-order valence-electron chi connectivity index (χ4n) is 6.39. The van der Waals surface area contributed by atoms with E-state index in [2.05, 4.69) is 154 Å². The van der Waals surface area contributed by atoms with E-state index in [0.29, 0.717) is 5.56 Å². The molecule has 0 heterocycles. The van der Waals surface area contributed by atoms with Gasteiger partial charge in [-0.05, 0) is 104 Å². The quantitative estimate of drug-likeness (QED) is 0.178. The molecule has 0 aliphatic heterocycles. The van der Waals surface area contributed by atoms with Gasteiger partial charge in [0.15, 0.2) is 0 Å². The maximum atomic E-state index is 9.58. The molecule has 0 radical (unpaired) electrons. The fraction of sp³-hybridized carbons (Fsp3) is 0. The molecule has 0 amide bonds. The number of rotatable bonds is 5. The van der Waals surface area contributed by atoms with E-state index in [1.807, 2.05) is 24.3 Å². The summed E-state index contributed by atoms with van der Waals surface area (Å²) in [5.74, 6) is 0. The number of halogens is 1. The molecule has 0 N–H and O–H groups in total. The van der Waals surface area contributed by atoms with Crippen LogP contribution in [-0.2, 0) is 0 Å². The Labute approximate surface area is 264 Å². The Hall–Kier alpha value is -5.43. The summed E-state index contributed by atoms with van der Waals surface area (Å²) in [5, 5.41) is 16.9. The molecular weight excluding hydrogens is 600 g/mol. The Morgan fingerprint density at radius 1 is 0.477 bits per heavy atom. The highest BCUT2D eigenvalue weighted by atomic mass is 79.9. The van der Waals surface area contributed by atoms with Crippen LogP contribution in [0.4, 0.5) is 17.1 Å². The summed E-state index contributed by atoms with van der Waals surface area (Å²) in [7, 11) is 0. The van der Waals surface area contributed by atoms with E-state index >= 15 is 0 Å². The third-order valence-electron chi connectivity index (χ3n) is 8.47. The lowest BCUT2D eigenvalue weighted by Crippen LogP contribution is -2.11. The molecule has 8 rings (SSSR count). The van der Waals surface area contributed by atoms with Crippen molar-refractivity contribution in [2.24, 2.45) is 0 Å². The van der Waals surface area contributed by atoms with Crippen LogP contribution in [0.25, 0.3) is 54.6 Å². The summed E-state index contributed by atoms with van der Waals surface area (Å²) in [5.41, 5.74) is 8.36. The van der Waals surface area contributed by atoms with E-state index in [0.717, 1.165) is 43.8 Å². The summed E-state index contributed by atoms with van der Waals surface area (Å²) in [6.45, 7) is 0. The minimum atomic E-state index is 0.636. The van der Waals surface area contributed by atoms with Gasteiger partial charge in [-0.3, -0.25) is 0 Å². The van der Waals surface area contributed by atoms with Gasteiger partial charge in [-0.25, -0.2) is 0 Å². The highest BCUT2D eigenvalue weighted by Crippen LogP contribution is 2.46. The van der Waals surface area contributed by atoms with Crippen LogP contribution in [0.2, 0.25) is 0 Å². The van der Waals surface area contributed by atoms with Crippen LogP contribution in [0, 0.1) is 11.3 Å². The van der Waals surface area contributed by atoms with Crippen LogP contribution in [0.15, 0.2) is 156 Å². The zero-order valence-electron chi connectivity index (χ0n) is 23.7. The van der Waals surface area contributed by atoms with E-state index in [1.54, 1.807) is 0 Å². The van der Waals surface area contributed by atoms with Crippen molar-refractivity contribution in [2.75, 3.05) is 4.90 Å². The monoisotopic (exact) mass is 624 g/mol. The van der Waals surface area contributed by atoms with Crippen LogP contribution in [0.5, 0.6) is 0 Å². The van der Waals surface area contributed by atoms with Gasteiger partial charge in [-0.2, -0.15) is 5.26 Å². The van der Waals surface area contributed by atoms with Gasteiger partial charge >= 0.3 is 0 Å². The number of anilines is 3. The molecule has 0 aliphatic rings. The second kappa shape index (κ2) is 10.7. The smallest absolute Gasteiger partial charge is 0.0991 e. The first-order chi connectivity index (χ1) is 21.7. The molecule has 0 spiro atoms. The van der Waals surface area contributed by atoms with E-state index < -0.39 is 0 Å². The van der Waals surface area contributed by atoms with Gasteiger partial charge < -0.3 is 4.90 Å². The van der Waals surface area contributed by atoms with Gasteiger partial charge in [0, 0.05) is 21.2 Å². The first kappa shape index (κ1) is 26.2. The maximum Gasteiger partial charge on any atom is 0.0991 e. The molecule has 0 atom stereocenters. The van der Waals surface area contributed by atoms with Crippen LogP contribution in [0.1, 0.15) is 5.56 Å². The molecule has 8 aromatic carbocycles. The zero-order valence-corrected chi connectivity index (χ0v) is 25.3. The second-order valence-electron chi connectivity index (χ2n) is 11.0. The Morgan fingerprint density at radius 2 is 1.02 bits per heavy atom. The van der Waals surface area contributed by atoms with E-state index in [4.69, 9.17) is 0 Å². The Bertz CT molecular complexity index is 2280. The van der Waals surface area contributed by atoms with Crippen molar-refractivity contribution in [3.05, 3.63) is 162 Å². The molecular formula is C41H25BrN2. The standard InChI is InChI=1S/C41H25BrN2/c42-38-21-15-30-14-20-37-39(22-16-31-13-19-36(38)40(30)41(31)37)44(34-17-11-27(26-43)12-18-34)35-24-32(28-7-3-1-4-8-28)23-33(25-35)29-9-5-2-6-10-29/h1-25H. The van der Waals surface area contributed by atoms with Crippen LogP contribution >= 0.6 is 15.9 Å². The molecule has 0 saturated heterocycles. The number of hydrogen-bond acceptors (Lipinski definition) is 2. The number of nitrogens with zero attached hydrogens (tertiary/aromatic N) is 2. The van der Waals surface area contributed by atoms with Gasteiger partial charge in [0.2, 0.25) is 0 Å². The molecule has 0 aromatic heterocycles. The molecule has 0 aliphatic carbocycles. The van der Waals surface area contributed by atoms with E-state index in [1.165, 1.54) is 32.3 Å². The van der Waals surface area contributed by atoms with E-state index in [9.17, 15) is 5.26 Å². The van der Waals surface area contributed by atoms with Gasteiger partial charge in [-0.15, -0.1) is 0 Å². The van der Waals surface area contributed by atoms with Crippen molar-refractivity contribution in [2.45, 2.75) is 0 Å².